The van der Waals surface area contributed by atoms with Crippen LogP contribution in [0.2, 0.25) is 0 Å². The molecular formula is C18H30N8OS. The van der Waals surface area contributed by atoms with Crippen LogP contribution in [-0.4, -0.2) is 70.1 Å². The van der Waals surface area contributed by atoms with E-state index in [-0.39, 0.29) is 0 Å². The first kappa shape index (κ1) is 20.5. The van der Waals surface area contributed by atoms with Gasteiger partial charge in [-0.15, -0.1) is 0 Å². The van der Waals surface area contributed by atoms with Crippen molar-refractivity contribution in [1.29, 1.82) is 0 Å². The third-order valence-electron chi connectivity index (χ3n) is 4.69. The summed E-state index contributed by atoms with van der Waals surface area (Å²) in [5.74, 6) is 3.65. The third kappa shape index (κ3) is 5.18. The Hall–Kier alpha value is -2.23. The molecule has 1 N–H and O–H groups in total. The topological polar surface area (TPSA) is 95.6 Å². The molecule has 0 atom stereocenters. The fourth-order valence-corrected chi connectivity index (χ4v) is 3.80. The summed E-state index contributed by atoms with van der Waals surface area (Å²) < 4.78 is 9.68. The van der Waals surface area contributed by atoms with Crippen LogP contribution in [0.5, 0.6) is 0 Å². The second-order valence-corrected chi connectivity index (χ2v) is 7.83. The van der Waals surface area contributed by atoms with E-state index in [1.165, 1.54) is 11.5 Å². The summed E-state index contributed by atoms with van der Waals surface area (Å²) in [5, 5.41) is 8.48. The number of nitrogens with zero attached hydrogens (tertiary/aromatic N) is 7. The van der Waals surface area contributed by atoms with Gasteiger partial charge in [-0.3, -0.25) is 4.99 Å². The molecular weight excluding hydrogens is 376 g/mol. The highest BCUT2D eigenvalue weighted by Crippen LogP contribution is 2.19. The zero-order valence-corrected chi connectivity index (χ0v) is 18.0. The Balaban J connectivity index is 1.40. The first-order valence-corrected chi connectivity index (χ1v) is 10.7. The van der Waals surface area contributed by atoms with E-state index in [0.29, 0.717) is 11.8 Å². The third-order valence-corrected chi connectivity index (χ3v) is 5.50. The van der Waals surface area contributed by atoms with E-state index < -0.39 is 0 Å². The summed E-state index contributed by atoms with van der Waals surface area (Å²) in [6.07, 6.45) is 2.58. The largest absolute Gasteiger partial charge is 0.356 e. The van der Waals surface area contributed by atoms with Gasteiger partial charge in [0.25, 0.3) is 0 Å². The minimum Gasteiger partial charge on any atom is -0.356 e. The second kappa shape index (κ2) is 9.81. The van der Waals surface area contributed by atoms with Gasteiger partial charge in [0.05, 0.1) is 0 Å². The highest BCUT2D eigenvalue weighted by molar-refractivity contribution is 7.09. The molecule has 0 aliphatic carbocycles. The van der Waals surface area contributed by atoms with Crippen LogP contribution in [0, 0.1) is 0 Å². The summed E-state index contributed by atoms with van der Waals surface area (Å²) in [4.78, 5) is 18.0. The van der Waals surface area contributed by atoms with Gasteiger partial charge in [-0.05, 0) is 6.42 Å². The van der Waals surface area contributed by atoms with Gasteiger partial charge in [-0.25, -0.2) is 4.98 Å². The highest BCUT2D eigenvalue weighted by atomic mass is 32.1. The molecule has 0 aromatic carbocycles. The van der Waals surface area contributed by atoms with Gasteiger partial charge in [0.15, 0.2) is 11.8 Å². The van der Waals surface area contributed by atoms with Crippen molar-refractivity contribution in [2.24, 2.45) is 4.99 Å². The van der Waals surface area contributed by atoms with Crippen molar-refractivity contribution in [3.05, 3.63) is 17.5 Å². The molecule has 10 heteroatoms. The Labute approximate surface area is 170 Å². The van der Waals surface area contributed by atoms with Crippen molar-refractivity contribution < 1.29 is 4.52 Å². The predicted octanol–water partition coefficient (Wildman–Crippen LogP) is 1.94. The highest BCUT2D eigenvalue weighted by Gasteiger charge is 2.22. The molecule has 3 heterocycles. The summed E-state index contributed by atoms with van der Waals surface area (Å²) in [6, 6.07) is 0. The number of aliphatic imine (C=N–C) groups is 1. The monoisotopic (exact) mass is 406 g/mol. The lowest BCUT2D eigenvalue weighted by atomic mass is 10.2. The zero-order chi connectivity index (χ0) is 19.9. The minimum absolute atomic E-state index is 0.293. The number of piperazine rings is 1. The quantitative estimate of drug-likeness (QED) is 0.423. The van der Waals surface area contributed by atoms with E-state index in [9.17, 15) is 0 Å². The Kier molecular flexibility index (Phi) is 7.18. The van der Waals surface area contributed by atoms with Crippen LogP contribution in [0.4, 0.5) is 5.13 Å². The SMILES string of the molecule is CCc1nsc(N2CCN(C(=NC)NCCCc3nc(C(C)C)no3)CC2)n1. The first-order chi connectivity index (χ1) is 13.6. The maximum atomic E-state index is 5.29. The lowest BCUT2D eigenvalue weighted by molar-refractivity contribution is 0.363. The predicted molar refractivity (Wildman–Crippen MR) is 111 cm³/mol. The van der Waals surface area contributed by atoms with E-state index in [2.05, 4.69) is 60.4 Å². The van der Waals surface area contributed by atoms with Crippen molar-refractivity contribution in [2.75, 3.05) is 44.7 Å². The number of hydrogen-bond acceptors (Lipinski definition) is 8. The lowest BCUT2D eigenvalue weighted by Gasteiger charge is -2.36. The van der Waals surface area contributed by atoms with Gasteiger partial charge in [0.1, 0.15) is 5.82 Å². The molecule has 2 aromatic rings. The number of hydrogen-bond donors (Lipinski definition) is 1. The summed E-state index contributed by atoms with van der Waals surface area (Å²) in [5.41, 5.74) is 0. The normalized spacial score (nSPS) is 15.5. The van der Waals surface area contributed by atoms with Crippen LogP contribution in [0.25, 0.3) is 0 Å². The van der Waals surface area contributed by atoms with Gasteiger partial charge in [0, 0.05) is 70.1 Å². The fraction of sp³-hybridized carbons (Fsp3) is 0.722. The van der Waals surface area contributed by atoms with E-state index in [0.717, 1.165) is 74.7 Å². The molecule has 1 aliphatic heterocycles. The molecule has 0 amide bonds. The Morgan fingerprint density at radius 3 is 2.64 bits per heavy atom. The van der Waals surface area contributed by atoms with Crippen molar-refractivity contribution in [2.45, 2.75) is 46.0 Å². The smallest absolute Gasteiger partial charge is 0.226 e. The van der Waals surface area contributed by atoms with Gasteiger partial charge in [0.2, 0.25) is 11.0 Å². The molecule has 0 radical (unpaired) electrons. The number of rotatable bonds is 7. The molecule has 9 nitrogen and oxygen atoms in total. The molecule has 1 aliphatic rings. The first-order valence-electron chi connectivity index (χ1n) is 9.96. The average Bonchev–Trinajstić information content (AvgIpc) is 3.38. The summed E-state index contributed by atoms with van der Waals surface area (Å²) >= 11 is 1.49. The Morgan fingerprint density at radius 1 is 1.25 bits per heavy atom. The van der Waals surface area contributed by atoms with Gasteiger partial charge in [-0.1, -0.05) is 25.9 Å². The van der Waals surface area contributed by atoms with E-state index in [1.807, 2.05) is 7.05 Å². The average molecular weight is 407 g/mol. The molecule has 0 saturated carbocycles. The van der Waals surface area contributed by atoms with E-state index >= 15 is 0 Å². The van der Waals surface area contributed by atoms with Crippen molar-refractivity contribution >= 4 is 22.6 Å². The minimum atomic E-state index is 0.293. The molecule has 28 heavy (non-hydrogen) atoms. The lowest BCUT2D eigenvalue weighted by Crippen LogP contribution is -2.52. The standard InChI is InChI=1S/C18H30N8OS/c1-5-14-21-18(28-24-14)26-11-9-25(10-12-26)17(19-4)20-8-6-7-15-22-16(13(2)3)23-27-15/h13H,5-12H2,1-4H3,(H,19,20). The molecule has 0 unspecified atom stereocenters. The van der Waals surface area contributed by atoms with Crippen LogP contribution >= 0.6 is 11.5 Å². The Morgan fingerprint density at radius 2 is 2.04 bits per heavy atom. The van der Waals surface area contributed by atoms with E-state index in [4.69, 9.17) is 4.52 Å². The van der Waals surface area contributed by atoms with Crippen LogP contribution in [-0.2, 0) is 12.8 Å². The number of anilines is 1. The molecule has 154 valence electrons. The van der Waals surface area contributed by atoms with Crippen LogP contribution < -0.4 is 10.2 Å². The van der Waals surface area contributed by atoms with Gasteiger partial charge in [-0.2, -0.15) is 9.36 Å². The fourth-order valence-electron chi connectivity index (χ4n) is 3.00. The number of nitrogens with one attached hydrogen (secondary N) is 1. The van der Waals surface area contributed by atoms with Crippen LogP contribution in [0.15, 0.2) is 9.52 Å². The molecule has 0 bridgehead atoms. The molecule has 3 rings (SSSR count). The van der Waals surface area contributed by atoms with Crippen molar-refractivity contribution in [1.82, 2.24) is 29.7 Å². The molecule has 1 saturated heterocycles. The molecule has 2 aromatic heterocycles. The summed E-state index contributed by atoms with van der Waals surface area (Å²) in [6.45, 7) is 10.7. The number of aryl methyl sites for hydroxylation is 2. The van der Waals surface area contributed by atoms with E-state index in [1.54, 1.807) is 0 Å². The van der Waals surface area contributed by atoms with Crippen LogP contribution in [0.1, 0.15) is 50.6 Å². The van der Waals surface area contributed by atoms with Crippen molar-refractivity contribution in [3.63, 3.8) is 0 Å². The van der Waals surface area contributed by atoms with Gasteiger partial charge >= 0.3 is 0 Å². The second-order valence-electron chi connectivity index (χ2n) is 7.10. The van der Waals surface area contributed by atoms with Gasteiger partial charge < -0.3 is 19.6 Å². The van der Waals surface area contributed by atoms with Crippen molar-refractivity contribution in [3.8, 4) is 0 Å². The maximum absolute atomic E-state index is 5.29. The molecule has 1 fully saturated rings. The maximum Gasteiger partial charge on any atom is 0.226 e. The zero-order valence-electron chi connectivity index (χ0n) is 17.2. The number of aromatic nitrogens is 4. The number of guanidine groups is 1. The van der Waals surface area contributed by atoms with Crippen LogP contribution in [0.3, 0.4) is 0 Å². The molecule has 0 spiro atoms. The Bertz CT molecular complexity index is 763. The summed E-state index contributed by atoms with van der Waals surface area (Å²) in [7, 11) is 1.83.